The molecule has 0 aliphatic carbocycles. The molecule has 0 unspecified atom stereocenters. The SMILES string of the molecule is CNCc1ccc(-c2cnc3oc(=O)n(Cc4cccc(OC)c4)c3n2)cc1. The summed E-state index contributed by atoms with van der Waals surface area (Å²) in [6, 6.07) is 15.6. The number of fused-ring (bicyclic) bond motifs is 1. The highest BCUT2D eigenvalue weighted by Crippen LogP contribution is 2.20. The van der Waals surface area contributed by atoms with E-state index in [-0.39, 0.29) is 5.71 Å². The molecule has 2 heterocycles. The van der Waals surface area contributed by atoms with Gasteiger partial charge in [-0.2, -0.15) is 0 Å². The van der Waals surface area contributed by atoms with Gasteiger partial charge in [-0.1, -0.05) is 36.4 Å². The minimum absolute atomic E-state index is 0.225. The fourth-order valence-electron chi connectivity index (χ4n) is 3.07. The number of nitrogens with one attached hydrogen (secondary N) is 1. The van der Waals surface area contributed by atoms with Gasteiger partial charge in [0.25, 0.3) is 5.71 Å². The highest BCUT2D eigenvalue weighted by Gasteiger charge is 2.14. The van der Waals surface area contributed by atoms with Gasteiger partial charge in [0.2, 0.25) is 5.65 Å². The summed E-state index contributed by atoms with van der Waals surface area (Å²) in [5, 5.41) is 3.12. The number of hydrogen-bond donors (Lipinski definition) is 1. The molecule has 0 radical (unpaired) electrons. The Morgan fingerprint density at radius 3 is 2.71 bits per heavy atom. The van der Waals surface area contributed by atoms with Crippen LogP contribution in [-0.2, 0) is 13.1 Å². The molecule has 28 heavy (non-hydrogen) atoms. The molecule has 0 atom stereocenters. The third-order valence-electron chi connectivity index (χ3n) is 4.49. The van der Waals surface area contributed by atoms with E-state index in [1.54, 1.807) is 13.3 Å². The Morgan fingerprint density at radius 1 is 1.14 bits per heavy atom. The molecule has 0 aliphatic heterocycles. The van der Waals surface area contributed by atoms with E-state index in [9.17, 15) is 4.79 Å². The monoisotopic (exact) mass is 376 g/mol. The zero-order chi connectivity index (χ0) is 19.5. The van der Waals surface area contributed by atoms with Crippen molar-refractivity contribution < 1.29 is 9.15 Å². The first-order chi connectivity index (χ1) is 13.7. The lowest BCUT2D eigenvalue weighted by Crippen LogP contribution is -2.15. The summed E-state index contributed by atoms with van der Waals surface area (Å²) >= 11 is 0. The largest absolute Gasteiger partial charge is 0.497 e. The molecule has 0 amide bonds. The Labute approximate surface area is 161 Å². The normalized spacial score (nSPS) is 11.1. The summed E-state index contributed by atoms with van der Waals surface area (Å²) in [5.41, 5.74) is 4.35. The highest BCUT2D eigenvalue weighted by atomic mass is 16.5. The number of benzene rings is 2. The van der Waals surface area contributed by atoms with E-state index >= 15 is 0 Å². The van der Waals surface area contributed by atoms with E-state index in [0.29, 0.717) is 17.9 Å². The molecule has 4 aromatic rings. The first-order valence-corrected chi connectivity index (χ1v) is 8.91. The van der Waals surface area contributed by atoms with Crippen molar-refractivity contribution in [2.45, 2.75) is 13.1 Å². The number of aromatic nitrogens is 3. The molecule has 0 spiro atoms. The van der Waals surface area contributed by atoms with E-state index in [0.717, 1.165) is 23.4 Å². The zero-order valence-corrected chi connectivity index (χ0v) is 15.7. The molecule has 0 saturated heterocycles. The van der Waals surface area contributed by atoms with Gasteiger partial charge in [-0.3, -0.25) is 4.57 Å². The maximum Gasteiger partial charge on any atom is 0.422 e. The summed E-state index contributed by atoms with van der Waals surface area (Å²) in [7, 11) is 3.52. The van der Waals surface area contributed by atoms with Crippen LogP contribution in [-0.4, -0.2) is 28.7 Å². The van der Waals surface area contributed by atoms with Crippen molar-refractivity contribution in [2.75, 3.05) is 14.2 Å². The maximum atomic E-state index is 12.3. The predicted molar refractivity (Wildman–Crippen MR) is 106 cm³/mol. The van der Waals surface area contributed by atoms with Crippen LogP contribution in [0, 0.1) is 0 Å². The van der Waals surface area contributed by atoms with Crippen molar-refractivity contribution in [2.24, 2.45) is 0 Å². The lowest BCUT2D eigenvalue weighted by molar-refractivity contribution is 0.414. The molecule has 0 fully saturated rings. The molecule has 0 saturated carbocycles. The summed E-state index contributed by atoms with van der Waals surface area (Å²) in [4.78, 5) is 21.3. The van der Waals surface area contributed by atoms with Crippen LogP contribution in [0.3, 0.4) is 0 Å². The molecule has 2 aromatic carbocycles. The van der Waals surface area contributed by atoms with Gasteiger partial charge in [-0.05, 0) is 30.3 Å². The van der Waals surface area contributed by atoms with Crippen molar-refractivity contribution in [3.05, 3.63) is 76.4 Å². The molecular formula is C21H20N4O3. The third-order valence-corrected chi connectivity index (χ3v) is 4.49. The first kappa shape index (κ1) is 17.9. The molecule has 1 N–H and O–H groups in total. The Morgan fingerprint density at radius 2 is 1.96 bits per heavy atom. The molecule has 7 nitrogen and oxygen atoms in total. The van der Waals surface area contributed by atoms with Crippen molar-refractivity contribution in [3.8, 4) is 17.0 Å². The average molecular weight is 376 g/mol. The van der Waals surface area contributed by atoms with Gasteiger partial charge >= 0.3 is 5.76 Å². The Bertz CT molecular complexity index is 1160. The standard InChI is InChI=1S/C21H20N4O3/c1-22-11-14-6-8-16(9-7-14)18-12-23-20-19(24-18)25(21(26)28-20)13-15-4-3-5-17(10-15)27-2/h3-10,12,22H,11,13H2,1-2H3. The molecule has 4 rings (SSSR count). The van der Waals surface area contributed by atoms with Gasteiger partial charge in [0.05, 0.1) is 25.5 Å². The van der Waals surface area contributed by atoms with Crippen LogP contribution in [0.25, 0.3) is 22.6 Å². The quantitative estimate of drug-likeness (QED) is 0.557. The smallest absolute Gasteiger partial charge is 0.422 e. The van der Waals surface area contributed by atoms with Crippen molar-refractivity contribution >= 4 is 11.4 Å². The fourth-order valence-corrected chi connectivity index (χ4v) is 3.07. The van der Waals surface area contributed by atoms with Crippen LogP contribution in [0.2, 0.25) is 0 Å². The second kappa shape index (κ2) is 7.66. The Hall–Kier alpha value is -3.45. The van der Waals surface area contributed by atoms with Crippen molar-refractivity contribution in [3.63, 3.8) is 0 Å². The number of methoxy groups -OCH3 is 1. The zero-order valence-electron chi connectivity index (χ0n) is 15.7. The summed E-state index contributed by atoms with van der Waals surface area (Å²) < 4.78 is 12.0. The molecule has 7 heteroatoms. The number of nitrogens with zero attached hydrogens (tertiary/aromatic N) is 3. The van der Waals surface area contributed by atoms with Crippen molar-refractivity contribution in [1.29, 1.82) is 0 Å². The van der Waals surface area contributed by atoms with Crippen molar-refractivity contribution in [1.82, 2.24) is 19.9 Å². The molecular weight excluding hydrogens is 356 g/mol. The summed E-state index contributed by atoms with van der Waals surface area (Å²) in [6.07, 6.45) is 1.62. The molecule has 142 valence electrons. The fraction of sp³-hybridized carbons (Fsp3) is 0.190. The lowest BCUT2D eigenvalue weighted by Gasteiger charge is -2.06. The van der Waals surface area contributed by atoms with Crippen LogP contribution in [0.4, 0.5) is 0 Å². The van der Waals surface area contributed by atoms with E-state index in [2.05, 4.69) is 15.3 Å². The lowest BCUT2D eigenvalue weighted by atomic mass is 10.1. The van der Waals surface area contributed by atoms with E-state index < -0.39 is 5.76 Å². The first-order valence-electron chi connectivity index (χ1n) is 8.91. The van der Waals surface area contributed by atoms with Gasteiger partial charge in [-0.15, -0.1) is 0 Å². The minimum atomic E-state index is -0.487. The minimum Gasteiger partial charge on any atom is -0.497 e. The van der Waals surface area contributed by atoms with Gasteiger partial charge in [-0.25, -0.2) is 14.8 Å². The number of rotatable bonds is 6. The Kier molecular flexibility index (Phi) is 4.90. The van der Waals surface area contributed by atoms with Gasteiger partial charge in [0.1, 0.15) is 5.75 Å². The van der Waals surface area contributed by atoms with E-state index in [1.165, 1.54) is 10.1 Å². The Balaban J connectivity index is 1.72. The van der Waals surface area contributed by atoms with Gasteiger partial charge < -0.3 is 14.5 Å². The average Bonchev–Trinajstić information content (AvgIpc) is 3.03. The molecule has 2 aromatic heterocycles. The number of hydrogen-bond acceptors (Lipinski definition) is 6. The van der Waals surface area contributed by atoms with Gasteiger partial charge in [0.15, 0.2) is 0 Å². The molecule has 0 bridgehead atoms. The van der Waals surface area contributed by atoms with Crippen LogP contribution in [0.1, 0.15) is 11.1 Å². The second-order valence-electron chi connectivity index (χ2n) is 6.42. The van der Waals surface area contributed by atoms with E-state index in [4.69, 9.17) is 9.15 Å². The van der Waals surface area contributed by atoms with Crippen LogP contribution < -0.4 is 15.8 Å². The third kappa shape index (κ3) is 3.52. The van der Waals surface area contributed by atoms with Crippen LogP contribution in [0.5, 0.6) is 5.75 Å². The molecule has 0 aliphatic rings. The highest BCUT2D eigenvalue weighted by molar-refractivity contribution is 5.69. The van der Waals surface area contributed by atoms with Crippen LogP contribution in [0.15, 0.2) is 63.9 Å². The number of oxazole rings is 1. The predicted octanol–water partition coefficient (Wildman–Crippen LogP) is 2.83. The van der Waals surface area contributed by atoms with Gasteiger partial charge in [0, 0.05) is 12.1 Å². The summed E-state index contributed by atoms with van der Waals surface area (Å²) in [6.45, 7) is 1.12. The van der Waals surface area contributed by atoms with E-state index in [1.807, 2.05) is 55.6 Å². The topological polar surface area (TPSA) is 82.2 Å². The number of ether oxygens (including phenoxy) is 1. The maximum absolute atomic E-state index is 12.3. The second-order valence-corrected chi connectivity index (χ2v) is 6.42. The summed E-state index contributed by atoms with van der Waals surface area (Å²) in [5.74, 6) is 0.242. The van der Waals surface area contributed by atoms with Crippen LogP contribution >= 0.6 is 0 Å².